The third-order valence-corrected chi connectivity index (χ3v) is 5.24. The van der Waals surface area contributed by atoms with Gasteiger partial charge in [0.1, 0.15) is 0 Å². The predicted octanol–water partition coefficient (Wildman–Crippen LogP) is 3.03. The summed E-state index contributed by atoms with van der Waals surface area (Å²) >= 11 is 2.08. The molecule has 2 rings (SSSR count). The van der Waals surface area contributed by atoms with Crippen molar-refractivity contribution >= 4 is 11.8 Å². The fourth-order valence-electron chi connectivity index (χ4n) is 2.53. The van der Waals surface area contributed by atoms with Crippen molar-refractivity contribution in [2.24, 2.45) is 0 Å². The minimum Gasteiger partial charge on any atom is -0.381 e. The lowest BCUT2D eigenvalue weighted by atomic mass is 9.98. The normalized spacial score (nSPS) is 20.1. The summed E-state index contributed by atoms with van der Waals surface area (Å²) in [5.74, 6) is 1.17. The van der Waals surface area contributed by atoms with Gasteiger partial charge in [0.2, 0.25) is 0 Å². The van der Waals surface area contributed by atoms with E-state index >= 15 is 0 Å². The molecule has 4 heteroatoms. The Morgan fingerprint density at radius 1 is 1.37 bits per heavy atom. The van der Waals surface area contributed by atoms with Crippen molar-refractivity contribution in [2.75, 3.05) is 25.5 Å². The van der Waals surface area contributed by atoms with E-state index in [-0.39, 0.29) is 0 Å². The Labute approximate surface area is 120 Å². The van der Waals surface area contributed by atoms with Gasteiger partial charge in [0.15, 0.2) is 0 Å². The molecule has 1 aliphatic heterocycles. The van der Waals surface area contributed by atoms with Crippen molar-refractivity contribution in [3.63, 3.8) is 0 Å². The number of nitrogens with one attached hydrogen (secondary N) is 1. The molecule has 19 heavy (non-hydrogen) atoms. The summed E-state index contributed by atoms with van der Waals surface area (Å²) in [6.45, 7) is 7.32. The number of thioether (sulfide) groups is 1. The largest absolute Gasteiger partial charge is 0.381 e. The minimum atomic E-state index is 0.355. The van der Waals surface area contributed by atoms with E-state index in [1.165, 1.54) is 11.3 Å². The Balaban J connectivity index is 1.91. The Kier molecular flexibility index (Phi) is 5.67. The first-order chi connectivity index (χ1) is 9.26. The van der Waals surface area contributed by atoms with Gasteiger partial charge in [-0.25, -0.2) is 0 Å². The first kappa shape index (κ1) is 14.8. The number of aromatic nitrogens is 1. The highest BCUT2D eigenvalue weighted by Gasteiger charge is 2.32. The van der Waals surface area contributed by atoms with Gasteiger partial charge in [-0.3, -0.25) is 4.98 Å². The third kappa shape index (κ3) is 4.20. The van der Waals surface area contributed by atoms with Crippen LogP contribution in [-0.2, 0) is 4.74 Å². The van der Waals surface area contributed by atoms with Gasteiger partial charge >= 0.3 is 0 Å². The molecule has 1 fully saturated rings. The van der Waals surface area contributed by atoms with E-state index in [0.29, 0.717) is 10.8 Å². The van der Waals surface area contributed by atoms with Crippen molar-refractivity contribution in [1.82, 2.24) is 10.3 Å². The van der Waals surface area contributed by atoms with E-state index in [2.05, 4.69) is 48.0 Å². The van der Waals surface area contributed by atoms with E-state index in [0.717, 1.165) is 32.6 Å². The Bertz CT molecular complexity index is 360. The summed E-state index contributed by atoms with van der Waals surface area (Å²) in [4.78, 5) is 4.07. The van der Waals surface area contributed by atoms with E-state index in [1.807, 2.05) is 12.4 Å². The minimum absolute atomic E-state index is 0.355. The second-order valence-electron chi connectivity index (χ2n) is 5.11. The predicted molar refractivity (Wildman–Crippen MR) is 81.6 cm³/mol. The molecule has 1 N–H and O–H groups in total. The lowest BCUT2D eigenvalue weighted by Gasteiger charge is -2.37. The number of hydrogen-bond acceptors (Lipinski definition) is 4. The summed E-state index contributed by atoms with van der Waals surface area (Å²) in [6.07, 6.45) is 6.03. The summed E-state index contributed by atoms with van der Waals surface area (Å²) in [5, 5.41) is 3.69. The highest BCUT2D eigenvalue weighted by Crippen LogP contribution is 2.35. The maximum atomic E-state index is 5.51. The molecule has 0 radical (unpaired) electrons. The van der Waals surface area contributed by atoms with Crippen LogP contribution in [0.5, 0.6) is 0 Å². The topological polar surface area (TPSA) is 34.2 Å². The Morgan fingerprint density at radius 3 is 2.68 bits per heavy atom. The summed E-state index contributed by atoms with van der Waals surface area (Å²) in [5.41, 5.74) is 1.30. The van der Waals surface area contributed by atoms with E-state index in [1.54, 1.807) is 0 Å². The highest BCUT2D eigenvalue weighted by molar-refractivity contribution is 8.00. The molecular formula is C15H24N2OS. The van der Waals surface area contributed by atoms with Gasteiger partial charge in [-0.1, -0.05) is 6.92 Å². The van der Waals surface area contributed by atoms with Crippen molar-refractivity contribution in [3.8, 4) is 0 Å². The zero-order valence-electron chi connectivity index (χ0n) is 11.9. The average Bonchev–Trinajstić information content (AvgIpc) is 2.47. The molecule has 1 aromatic rings. The molecule has 106 valence electrons. The van der Waals surface area contributed by atoms with Gasteiger partial charge in [-0.2, -0.15) is 11.8 Å². The number of nitrogens with zero attached hydrogens (tertiary/aromatic N) is 1. The maximum absolute atomic E-state index is 5.51. The van der Waals surface area contributed by atoms with E-state index in [4.69, 9.17) is 4.74 Å². The van der Waals surface area contributed by atoms with Gasteiger partial charge in [-0.15, -0.1) is 0 Å². The summed E-state index contributed by atoms with van der Waals surface area (Å²) < 4.78 is 5.87. The van der Waals surface area contributed by atoms with Crippen LogP contribution in [0.3, 0.4) is 0 Å². The molecule has 0 spiro atoms. The fraction of sp³-hybridized carbons (Fsp3) is 0.667. The molecule has 0 bridgehead atoms. The molecule has 1 atom stereocenters. The van der Waals surface area contributed by atoms with Crippen molar-refractivity contribution < 1.29 is 4.74 Å². The zero-order valence-corrected chi connectivity index (χ0v) is 12.7. The molecule has 0 amide bonds. The first-order valence-corrected chi connectivity index (χ1v) is 8.09. The molecule has 1 saturated heterocycles. The van der Waals surface area contributed by atoms with Crippen molar-refractivity contribution in [2.45, 2.75) is 37.5 Å². The van der Waals surface area contributed by atoms with Gasteiger partial charge in [0.25, 0.3) is 0 Å². The molecule has 0 aliphatic carbocycles. The Morgan fingerprint density at radius 2 is 2.05 bits per heavy atom. The monoisotopic (exact) mass is 280 g/mol. The molecular weight excluding hydrogens is 256 g/mol. The van der Waals surface area contributed by atoms with Gasteiger partial charge in [0.05, 0.1) is 0 Å². The van der Waals surface area contributed by atoms with Crippen LogP contribution in [0.25, 0.3) is 0 Å². The van der Waals surface area contributed by atoms with Crippen LogP contribution in [-0.4, -0.2) is 35.2 Å². The van der Waals surface area contributed by atoms with Crippen molar-refractivity contribution in [3.05, 3.63) is 30.1 Å². The van der Waals surface area contributed by atoms with Crippen LogP contribution in [0.4, 0.5) is 0 Å². The first-order valence-electron chi connectivity index (χ1n) is 7.11. The van der Waals surface area contributed by atoms with Gasteiger partial charge < -0.3 is 10.1 Å². The van der Waals surface area contributed by atoms with Crippen LogP contribution < -0.4 is 5.32 Å². The van der Waals surface area contributed by atoms with Crippen LogP contribution in [0.15, 0.2) is 24.5 Å². The third-order valence-electron chi connectivity index (χ3n) is 3.79. The van der Waals surface area contributed by atoms with Crippen LogP contribution >= 0.6 is 11.8 Å². The zero-order chi connectivity index (χ0) is 13.6. The van der Waals surface area contributed by atoms with Gasteiger partial charge in [0, 0.05) is 42.9 Å². The van der Waals surface area contributed by atoms with Crippen LogP contribution in [0.2, 0.25) is 0 Å². The molecule has 0 saturated carbocycles. The molecule has 0 aromatic carbocycles. The SMILES string of the molecule is CCSC1(CNC(C)c2ccncc2)CCOCC1. The lowest BCUT2D eigenvalue weighted by Crippen LogP contribution is -2.43. The average molecular weight is 280 g/mol. The highest BCUT2D eigenvalue weighted by atomic mass is 32.2. The Hall–Kier alpha value is -0.580. The van der Waals surface area contributed by atoms with Crippen molar-refractivity contribution in [1.29, 1.82) is 0 Å². The lowest BCUT2D eigenvalue weighted by molar-refractivity contribution is 0.0766. The number of rotatable bonds is 6. The molecule has 2 heterocycles. The maximum Gasteiger partial charge on any atom is 0.0479 e. The quantitative estimate of drug-likeness (QED) is 0.868. The number of ether oxygens (including phenoxy) is 1. The summed E-state index contributed by atoms with van der Waals surface area (Å²) in [7, 11) is 0. The van der Waals surface area contributed by atoms with Gasteiger partial charge in [-0.05, 0) is 43.2 Å². The second kappa shape index (κ2) is 7.27. The van der Waals surface area contributed by atoms with E-state index in [9.17, 15) is 0 Å². The molecule has 1 unspecified atom stereocenters. The number of pyridine rings is 1. The van der Waals surface area contributed by atoms with Crippen LogP contribution in [0.1, 0.15) is 38.3 Å². The molecule has 1 aliphatic rings. The molecule has 3 nitrogen and oxygen atoms in total. The summed E-state index contributed by atoms with van der Waals surface area (Å²) in [6, 6.07) is 4.54. The second-order valence-corrected chi connectivity index (χ2v) is 6.84. The standard InChI is InChI=1S/C15H24N2OS/c1-3-19-15(6-10-18-11-7-15)12-17-13(2)14-4-8-16-9-5-14/h4-5,8-9,13,17H,3,6-7,10-12H2,1-2H3. The van der Waals surface area contributed by atoms with Crippen LogP contribution in [0, 0.1) is 0 Å². The number of hydrogen-bond donors (Lipinski definition) is 1. The smallest absolute Gasteiger partial charge is 0.0479 e. The fourth-order valence-corrected chi connectivity index (χ4v) is 3.78. The molecule has 1 aromatic heterocycles. The van der Waals surface area contributed by atoms with E-state index < -0.39 is 0 Å².